The number of nitrogens with two attached hydrogens (primary N) is 1. The molecule has 0 heterocycles. The Bertz CT molecular complexity index is 1090. The summed E-state index contributed by atoms with van der Waals surface area (Å²) in [5.41, 5.74) is 10.3. The molecule has 3 rings (SSSR count). The lowest BCUT2D eigenvalue weighted by atomic mass is 9.87. The van der Waals surface area contributed by atoms with E-state index in [9.17, 15) is 9.18 Å². The van der Waals surface area contributed by atoms with Crippen molar-refractivity contribution < 1.29 is 9.18 Å². The molecule has 0 aliphatic rings. The highest BCUT2D eigenvalue weighted by Gasteiger charge is 2.21. The maximum Gasteiger partial charge on any atom is 0.256 e. The molecule has 0 saturated heterocycles. The van der Waals surface area contributed by atoms with Crippen molar-refractivity contribution in [1.29, 1.82) is 0 Å². The lowest BCUT2D eigenvalue weighted by molar-refractivity contribution is 0.0746. The van der Waals surface area contributed by atoms with Gasteiger partial charge in [0.05, 0.1) is 11.3 Å². The molecule has 3 nitrogen and oxygen atoms in total. The SMILES string of the molecule is CC(C)(C)c1ccc(CN(CCc2ccc(F)cc2)C(=O)c2cc(Cl)cc(I)c2N)cc1. The van der Waals surface area contributed by atoms with Crippen LogP contribution in [0.4, 0.5) is 10.1 Å². The van der Waals surface area contributed by atoms with Gasteiger partial charge in [-0.3, -0.25) is 4.79 Å². The highest BCUT2D eigenvalue weighted by molar-refractivity contribution is 14.1. The average molecular weight is 565 g/mol. The van der Waals surface area contributed by atoms with E-state index in [0.717, 1.165) is 14.7 Å². The zero-order chi connectivity index (χ0) is 23.5. The lowest BCUT2D eigenvalue weighted by Crippen LogP contribution is -2.33. The van der Waals surface area contributed by atoms with Crippen molar-refractivity contribution in [2.75, 3.05) is 12.3 Å². The van der Waals surface area contributed by atoms with E-state index in [-0.39, 0.29) is 17.1 Å². The fourth-order valence-corrected chi connectivity index (χ4v) is 4.46. The highest BCUT2D eigenvalue weighted by Crippen LogP contribution is 2.27. The number of hydrogen-bond donors (Lipinski definition) is 1. The zero-order valence-corrected chi connectivity index (χ0v) is 21.4. The van der Waals surface area contributed by atoms with E-state index in [0.29, 0.717) is 35.8 Å². The molecule has 2 N–H and O–H groups in total. The van der Waals surface area contributed by atoms with Crippen molar-refractivity contribution in [2.24, 2.45) is 0 Å². The second kappa shape index (κ2) is 10.2. The molecule has 0 radical (unpaired) electrons. The summed E-state index contributed by atoms with van der Waals surface area (Å²) >= 11 is 8.30. The number of nitrogen functional groups attached to an aromatic ring is 1. The van der Waals surface area contributed by atoms with Crippen molar-refractivity contribution in [3.8, 4) is 0 Å². The van der Waals surface area contributed by atoms with Crippen molar-refractivity contribution in [3.63, 3.8) is 0 Å². The summed E-state index contributed by atoms with van der Waals surface area (Å²) in [7, 11) is 0. The Morgan fingerprint density at radius 3 is 2.22 bits per heavy atom. The topological polar surface area (TPSA) is 46.3 Å². The predicted molar refractivity (Wildman–Crippen MR) is 139 cm³/mol. The van der Waals surface area contributed by atoms with Crippen molar-refractivity contribution >= 4 is 45.8 Å². The van der Waals surface area contributed by atoms with Crippen LogP contribution in [0.2, 0.25) is 5.02 Å². The first kappa shape index (κ1) is 24.5. The first-order chi connectivity index (χ1) is 15.0. The standard InChI is InChI=1S/C26H27ClFIN2O/c1-26(2,3)19-8-4-18(5-9-19)16-31(13-12-17-6-10-21(28)11-7-17)25(32)22-14-20(27)15-23(29)24(22)30/h4-11,14-15H,12-13,16,30H2,1-3H3. The molecule has 6 heteroatoms. The van der Waals surface area contributed by atoms with Gasteiger partial charge in [-0.2, -0.15) is 0 Å². The Morgan fingerprint density at radius 1 is 1.03 bits per heavy atom. The molecule has 0 fully saturated rings. The number of hydrogen-bond acceptors (Lipinski definition) is 2. The van der Waals surface area contributed by atoms with Gasteiger partial charge in [-0.1, -0.05) is 68.8 Å². The van der Waals surface area contributed by atoms with E-state index in [4.69, 9.17) is 17.3 Å². The van der Waals surface area contributed by atoms with E-state index < -0.39 is 0 Å². The summed E-state index contributed by atoms with van der Waals surface area (Å²) in [4.78, 5) is 15.3. The van der Waals surface area contributed by atoms with Gasteiger partial charge in [0.25, 0.3) is 5.91 Å². The fourth-order valence-electron chi connectivity index (χ4n) is 3.43. The number of benzene rings is 3. The first-order valence-electron chi connectivity index (χ1n) is 10.4. The fraction of sp³-hybridized carbons (Fsp3) is 0.269. The van der Waals surface area contributed by atoms with Gasteiger partial charge in [-0.05, 0) is 75.4 Å². The van der Waals surface area contributed by atoms with Gasteiger partial charge < -0.3 is 10.6 Å². The Balaban J connectivity index is 1.88. The minimum Gasteiger partial charge on any atom is -0.397 e. The number of rotatable bonds is 6. The number of amides is 1. The van der Waals surface area contributed by atoms with Gasteiger partial charge >= 0.3 is 0 Å². The summed E-state index contributed by atoms with van der Waals surface area (Å²) in [6, 6.07) is 18.0. The maximum atomic E-state index is 13.5. The average Bonchev–Trinajstić information content (AvgIpc) is 2.74. The van der Waals surface area contributed by atoms with E-state index >= 15 is 0 Å². The quantitative estimate of drug-likeness (QED) is 0.263. The molecular formula is C26H27ClFIN2O. The second-order valence-electron chi connectivity index (χ2n) is 8.90. The van der Waals surface area contributed by atoms with Crippen LogP contribution in [0.25, 0.3) is 0 Å². The van der Waals surface area contributed by atoms with E-state index in [1.54, 1.807) is 29.2 Å². The third-order valence-corrected chi connectivity index (χ3v) is 6.50. The summed E-state index contributed by atoms with van der Waals surface area (Å²) in [6.07, 6.45) is 0.601. The monoisotopic (exact) mass is 564 g/mol. The smallest absolute Gasteiger partial charge is 0.256 e. The number of carbonyl (C=O) groups is 1. The van der Waals surface area contributed by atoms with Gasteiger partial charge in [0.2, 0.25) is 0 Å². The van der Waals surface area contributed by atoms with E-state index in [1.165, 1.54) is 17.7 Å². The Morgan fingerprint density at radius 2 is 1.62 bits per heavy atom. The summed E-state index contributed by atoms with van der Waals surface area (Å²) in [6.45, 7) is 7.42. The van der Waals surface area contributed by atoms with Crippen LogP contribution in [0.3, 0.4) is 0 Å². The molecule has 1 amide bonds. The van der Waals surface area contributed by atoms with Crippen LogP contribution in [0.5, 0.6) is 0 Å². The number of halogens is 3. The third-order valence-electron chi connectivity index (χ3n) is 5.39. The van der Waals surface area contributed by atoms with Gasteiger partial charge in [-0.25, -0.2) is 4.39 Å². The Labute approximate surface area is 207 Å². The predicted octanol–water partition coefficient (Wildman–Crippen LogP) is 6.85. The van der Waals surface area contributed by atoms with E-state index in [1.807, 2.05) is 0 Å². The molecule has 0 aromatic heterocycles. The molecule has 0 bridgehead atoms. The van der Waals surface area contributed by atoms with Crippen LogP contribution >= 0.6 is 34.2 Å². The summed E-state index contributed by atoms with van der Waals surface area (Å²) < 4.78 is 14.0. The largest absolute Gasteiger partial charge is 0.397 e. The second-order valence-corrected chi connectivity index (χ2v) is 10.5. The number of carbonyl (C=O) groups excluding carboxylic acids is 1. The molecule has 0 spiro atoms. The minimum atomic E-state index is -0.276. The maximum absolute atomic E-state index is 13.5. The lowest BCUT2D eigenvalue weighted by Gasteiger charge is -2.25. The van der Waals surface area contributed by atoms with E-state index in [2.05, 4.69) is 67.6 Å². The summed E-state index contributed by atoms with van der Waals surface area (Å²) in [5, 5.41) is 0.472. The van der Waals surface area contributed by atoms with Crippen molar-refractivity contribution in [1.82, 2.24) is 4.90 Å². The Hall–Kier alpha value is -2.12. The van der Waals surface area contributed by atoms with Crippen LogP contribution in [-0.2, 0) is 18.4 Å². The molecule has 168 valence electrons. The number of nitrogens with zero attached hydrogens (tertiary/aromatic N) is 1. The van der Waals surface area contributed by atoms with Crippen LogP contribution in [0.15, 0.2) is 60.7 Å². The van der Waals surface area contributed by atoms with Gasteiger partial charge in [0.15, 0.2) is 0 Å². The highest BCUT2D eigenvalue weighted by atomic mass is 127. The molecule has 3 aromatic rings. The molecule has 0 atom stereocenters. The van der Waals surface area contributed by atoms with Crippen LogP contribution < -0.4 is 5.73 Å². The third kappa shape index (κ3) is 6.23. The number of anilines is 1. The van der Waals surface area contributed by atoms with Crippen LogP contribution in [0, 0.1) is 9.39 Å². The summed E-state index contributed by atoms with van der Waals surface area (Å²) in [5.74, 6) is -0.452. The molecular weight excluding hydrogens is 538 g/mol. The van der Waals surface area contributed by atoms with Gasteiger partial charge in [0, 0.05) is 21.7 Å². The van der Waals surface area contributed by atoms with Crippen molar-refractivity contribution in [2.45, 2.75) is 39.2 Å². The zero-order valence-electron chi connectivity index (χ0n) is 18.5. The minimum absolute atomic E-state index is 0.0581. The molecule has 0 aliphatic carbocycles. The first-order valence-corrected chi connectivity index (χ1v) is 11.9. The normalized spacial score (nSPS) is 11.4. The van der Waals surface area contributed by atoms with Crippen molar-refractivity contribution in [3.05, 3.63) is 97.3 Å². The van der Waals surface area contributed by atoms with Crippen LogP contribution in [0.1, 0.15) is 47.8 Å². The molecule has 0 aliphatic heterocycles. The molecule has 0 unspecified atom stereocenters. The van der Waals surface area contributed by atoms with Gasteiger partial charge in [0.1, 0.15) is 5.82 Å². The molecule has 32 heavy (non-hydrogen) atoms. The Kier molecular flexibility index (Phi) is 7.83. The van der Waals surface area contributed by atoms with Gasteiger partial charge in [-0.15, -0.1) is 0 Å². The van der Waals surface area contributed by atoms with Crippen LogP contribution in [-0.4, -0.2) is 17.4 Å². The molecule has 3 aromatic carbocycles. The molecule has 0 saturated carbocycles.